The molecule has 2 amide bonds. The number of hydrogen-bond donors (Lipinski definition) is 3. The minimum atomic E-state index is -1.20. The third kappa shape index (κ3) is 4.15. The van der Waals surface area contributed by atoms with Crippen molar-refractivity contribution in [1.29, 1.82) is 0 Å². The van der Waals surface area contributed by atoms with Gasteiger partial charge in [-0.1, -0.05) is 0 Å². The van der Waals surface area contributed by atoms with Crippen LogP contribution in [-0.4, -0.2) is 56.1 Å². The van der Waals surface area contributed by atoms with Gasteiger partial charge in [0.2, 0.25) is 0 Å². The van der Waals surface area contributed by atoms with Crippen LogP contribution in [0, 0.1) is 0 Å². The number of hydrogen-bond acceptors (Lipinski definition) is 4. The molecule has 1 rings (SSSR count). The highest BCUT2D eigenvalue weighted by molar-refractivity contribution is 5.86. The number of ether oxygens (including phenoxy) is 2. The van der Waals surface area contributed by atoms with Gasteiger partial charge in [0, 0.05) is 46.3 Å². The Morgan fingerprint density at radius 3 is 2.61 bits per heavy atom. The van der Waals surface area contributed by atoms with Gasteiger partial charge in [0.1, 0.15) is 5.54 Å². The van der Waals surface area contributed by atoms with Gasteiger partial charge in [-0.2, -0.15) is 0 Å². The van der Waals surface area contributed by atoms with E-state index in [-0.39, 0.29) is 12.8 Å². The van der Waals surface area contributed by atoms with Crippen LogP contribution in [0.15, 0.2) is 0 Å². The van der Waals surface area contributed by atoms with E-state index in [9.17, 15) is 14.7 Å². The third-order valence-electron chi connectivity index (χ3n) is 2.92. The number of carboxylic acids is 1. The Morgan fingerprint density at radius 1 is 1.39 bits per heavy atom. The van der Waals surface area contributed by atoms with Gasteiger partial charge >= 0.3 is 12.0 Å². The first-order chi connectivity index (χ1) is 8.60. The molecule has 0 bridgehead atoms. The lowest BCUT2D eigenvalue weighted by Gasteiger charge is -2.33. The lowest BCUT2D eigenvalue weighted by molar-refractivity contribution is -0.148. The summed E-state index contributed by atoms with van der Waals surface area (Å²) in [4.78, 5) is 22.9. The SMILES string of the molecule is COCCCNC(=O)NC1(C(=O)O)CCOCC1. The van der Waals surface area contributed by atoms with Gasteiger partial charge in [-0.15, -0.1) is 0 Å². The summed E-state index contributed by atoms with van der Waals surface area (Å²) in [5, 5.41) is 14.4. The number of methoxy groups -OCH3 is 1. The number of carbonyl (C=O) groups is 2. The van der Waals surface area contributed by atoms with Crippen LogP contribution in [0.1, 0.15) is 19.3 Å². The van der Waals surface area contributed by atoms with E-state index in [0.717, 1.165) is 0 Å². The molecule has 0 aromatic rings. The summed E-state index contributed by atoms with van der Waals surface area (Å²) < 4.78 is 9.97. The summed E-state index contributed by atoms with van der Waals surface area (Å²) in [7, 11) is 1.58. The molecule has 0 aromatic heterocycles. The second-order valence-electron chi connectivity index (χ2n) is 4.23. The van der Waals surface area contributed by atoms with E-state index < -0.39 is 17.5 Å². The molecule has 7 heteroatoms. The van der Waals surface area contributed by atoms with Gasteiger partial charge in [-0.05, 0) is 6.42 Å². The zero-order valence-electron chi connectivity index (χ0n) is 10.5. The number of nitrogens with one attached hydrogen (secondary N) is 2. The van der Waals surface area contributed by atoms with E-state index in [1.165, 1.54) is 0 Å². The van der Waals surface area contributed by atoms with E-state index in [0.29, 0.717) is 32.8 Å². The van der Waals surface area contributed by atoms with Crippen molar-refractivity contribution in [1.82, 2.24) is 10.6 Å². The van der Waals surface area contributed by atoms with Crippen molar-refractivity contribution in [2.45, 2.75) is 24.8 Å². The Kier molecular flexibility index (Phi) is 5.87. The van der Waals surface area contributed by atoms with Gasteiger partial charge in [0.15, 0.2) is 0 Å². The molecule has 0 spiro atoms. The standard InChI is InChI=1S/C11H20N2O5/c1-17-6-2-5-12-10(16)13-11(9(14)15)3-7-18-8-4-11/h2-8H2,1H3,(H,14,15)(H2,12,13,16). The molecule has 1 heterocycles. The van der Waals surface area contributed by atoms with Gasteiger partial charge in [-0.25, -0.2) is 9.59 Å². The molecule has 1 aliphatic rings. The average molecular weight is 260 g/mol. The van der Waals surface area contributed by atoms with E-state index in [1.54, 1.807) is 7.11 Å². The van der Waals surface area contributed by atoms with Crippen LogP contribution in [0.25, 0.3) is 0 Å². The first-order valence-electron chi connectivity index (χ1n) is 5.97. The molecule has 7 nitrogen and oxygen atoms in total. The van der Waals surface area contributed by atoms with Crippen molar-refractivity contribution in [3.8, 4) is 0 Å². The lowest BCUT2D eigenvalue weighted by Crippen LogP contribution is -2.59. The monoisotopic (exact) mass is 260 g/mol. The molecule has 0 unspecified atom stereocenters. The van der Waals surface area contributed by atoms with Gasteiger partial charge < -0.3 is 25.2 Å². The Balaban J connectivity index is 2.41. The topological polar surface area (TPSA) is 96.9 Å². The Hall–Kier alpha value is -1.34. The first kappa shape index (κ1) is 14.7. The number of urea groups is 1. The van der Waals surface area contributed by atoms with Crippen LogP contribution in [0.5, 0.6) is 0 Å². The lowest BCUT2D eigenvalue weighted by atomic mass is 9.90. The molecule has 1 fully saturated rings. The number of carbonyl (C=O) groups excluding carboxylic acids is 1. The predicted octanol–water partition coefficient (Wildman–Crippen LogP) is -0.0441. The molecule has 0 saturated carbocycles. The fourth-order valence-corrected chi connectivity index (χ4v) is 1.79. The highest BCUT2D eigenvalue weighted by Gasteiger charge is 2.41. The van der Waals surface area contributed by atoms with Crippen LogP contribution < -0.4 is 10.6 Å². The maximum atomic E-state index is 11.6. The summed E-state index contributed by atoms with van der Waals surface area (Å²) in [5.74, 6) is -1.02. The van der Waals surface area contributed by atoms with Gasteiger partial charge in [0.25, 0.3) is 0 Å². The van der Waals surface area contributed by atoms with E-state index in [1.807, 2.05) is 0 Å². The maximum absolute atomic E-state index is 11.6. The molecule has 0 radical (unpaired) electrons. The van der Waals surface area contributed by atoms with Crippen molar-refractivity contribution in [2.24, 2.45) is 0 Å². The quantitative estimate of drug-likeness (QED) is 0.582. The minimum Gasteiger partial charge on any atom is -0.480 e. The van der Waals surface area contributed by atoms with Crippen molar-refractivity contribution < 1.29 is 24.2 Å². The van der Waals surface area contributed by atoms with E-state index in [2.05, 4.69) is 10.6 Å². The fourth-order valence-electron chi connectivity index (χ4n) is 1.79. The zero-order chi connectivity index (χ0) is 13.4. The van der Waals surface area contributed by atoms with Gasteiger partial charge in [-0.3, -0.25) is 0 Å². The zero-order valence-corrected chi connectivity index (χ0v) is 10.5. The highest BCUT2D eigenvalue weighted by atomic mass is 16.5. The third-order valence-corrected chi connectivity index (χ3v) is 2.92. The highest BCUT2D eigenvalue weighted by Crippen LogP contribution is 2.20. The maximum Gasteiger partial charge on any atom is 0.329 e. The normalized spacial score (nSPS) is 18.1. The number of amides is 2. The van der Waals surface area contributed by atoms with Crippen molar-refractivity contribution >= 4 is 12.0 Å². The summed E-state index contributed by atoms with van der Waals surface area (Å²) in [6.07, 6.45) is 1.26. The van der Waals surface area contributed by atoms with E-state index >= 15 is 0 Å². The predicted molar refractivity (Wildman–Crippen MR) is 63.4 cm³/mol. The fraction of sp³-hybridized carbons (Fsp3) is 0.818. The Morgan fingerprint density at radius 2 is 2.06 bits per heavy atom. The second kappa shape index (κ2) is 7.17. The van der Waals surface area contributed by atoms with Crippen molar-refractivity contribution in [2.75, 3.05) is 33.5 Å². The molecule has 3 N–H and O–H groups in total. The summed E-state index contributed by atoms with van der Waals surface area (Å²) in [6.45, 7) is 1.69. The molecule has 18 heavy (non-hydrogen) atoms. The molecule has 0 aliphatic carbocycles. The largest absolute Gasteiger partial charge is 0.480 e. The Labute approximate surface area is 106 Å². The molecular weight excluding hydrogens is 240 g/mol. The van der Waals surface area contributed by atoms with E-state index in [4.69, 9.17) is 9.47 Å². The summed E-state index contributed by atoms with van der Waals surface area (Å²) in [5.41, 5.74) is -1.20. The van der Waals surface area contributed by atoms with Crippen LogP contribution in [0.2, 0.25) is 0 Å². The molecule has 1 aliphatic heterocycles. The molecule has 104 valence electrons. The number of carboxylic acid groups (broad SMARTS) is 1. The van der Waals surface area contributed by atoms with Crippen molar-refractivity contribution in [3.63, 3.8) is 0 Å². The average Bonchev–Trinajstić information content (AvgIpc) is 2.35. The number of rotatable bonds is 6. The van der Waals surface area contributed by atoms with Crippen LogP contribution in [0.3, 0.4) is 0 Å². The second-order valence-corrected chi connectivity index (χ2v) is 4.23. The molecule has 0 atom stereocenters. The van der Waals surface area contributed by atoms with Crippen molar-refractivity contribution in [3.05, 3.63) is 0 Å². The Bertz CT molecular complexity index is 289. The van der Waals surface area contributed by atoms with Crippen LogP contribution >= 0.6 is 0 Å². The number of aliphatic carboxylic acids is 1. The molecule has 0 aromatic carbocycles. The summed E-state index contributed by atoms with van der Waals surface area (Å²) in [6, 6.07) is -0.463. The van der Waals surface area contributed by atoms with Crippen LogP contribution in [0.4, 0.5) is 4.79 Å². The molecule has 1 saturated heterocycles. The van der Waals surface area contributed by atoms with Gasteiger partial charge in [0.05, 0.1) is 0 Å². The summed E-state index contributed by atoms with van der Waals surface area (Å²) >= 11 is 0. The first-order valence-corrected chi connectivity index (χ1v) is 5.97. The minimum absolute atomic E-state index is 0.286. The smallest absolute Gasteiger partial charge is 0.329 e. The van der Waals surface area contributed by atoms with Crippen LogP contribution in [-0.2, 0) is 14.3 Å². The molecular formula is C11H20N2O5.